The molecule has 6 heteroatoms. The molecule has 1 atom stereocenters. The zero-order valence-corrected chi connectivity index (χ0v) is 9.86. The molecular weight excluding hydrogens is 226 g/mol. The molecule has 1 fully saturated rings. The minimum Gasteiger partial charge on any atom is -0.466 e. The molecule has 96 valence electrons. The lowest BCUT2D eigenvalue weighted by Gasteiger charge is -2.08. The Hall–Kier alpha value is -1.43. The highest BCUT2D eigenvalue weighted by molar-refractivity contribution is 5.89. The summed E-state index contributed by atoms with van der Waals surface area (Å²) in [6, 6.07) is -0.387. The van der Waals surface area contributed by atoms with Crippen molar-refractivity contribution in [2.45, 2.75) is 38.6 Å². The summed E-state index contributed by atoms with van der Waals surface area (Å²) in [6.45, 7) is 2.72. The fraction of sp³-hybridized carbons (Fsp3) is 0.727. The molecule has 6 nitrogen and oxygen atoms in total. The largest absolute Gasteiger partial charge is 0.466 e. The summed E-state index contributed by atoms with van der Waals surface area (Å²) in [6.07, 6.45) is 1.40. The van der Waals surface area contributed by atoms with Crippen LogP contribution in [-0.2, 0) is 23.9 Å². The van der Waals surface area contributed by atoms with Crippen LogP contribution in [0.15, 0.2) is 0 Å². The molecule has 0 aromatic heterocycles. The average molecular weight is 243 g/mol. The third-order valence-electron chi connectivity index (χ3n) is 2.40. The molecular formula is C11H17NO5. The molecule has 1 N–H and O–H groups in total. The summed E-state index contributed by atoms with van der Waals surface area (Å²) in [5.41, 5.74) is 0. The Balaban J connectivity index is 2.20. The maximum absolute atomic E-state index is 11.4. The highest BCUT2D eigenvalue weighted by Gasteiger charge is 2.25. The lowest BCUT2D eigenvalue weighted by atomic mass is 10.2. The van der Waals surface area contributed by atoms with E-state index in [9.17, 15) is 14.4 Å². The van der Waals surface area contributed by atoms with Gasteiger partial charge in [-0.2, -0.15) is 0 Å². The van der Waals surface area contributed by atoms with Gasteiger partial charge in [0.25, 0.3) is 0 Å². The maximum atomic E-state index is 11.4. The Morgan fingerprint density at radius 2 is 1.94 bits per heavy atom. The summed E-state index contributed by atoms with van der Waals surface area (Å²) < 4.78 is 9.27. The third kappa shape index (κ3) is 4.95. The van der Waals surface area contributed by atoms with Crippen molar-refractivity contribution < 1.29 is 23.9 Å². The van der Waals surface area contributed by atoms with Gasteiger partial charge in [0.2, 0.25) is 0 Å². The predicted octanol–water partition coefficient (Wildman–Crippen LogP) is 0.151. The molecule has 1 aliphatic rings. The average Bonchev–Trinajstić information content (AvgIpc) is 2.80. The van der Waals surface area contributed by atoms with Crippen molar-refractivity contribution in [2.24, 2.45) is 0 Å². The Kier molecular flexibility index (Phi) is 5.62. The van der Waals surface area contributed by atoms with Crippen molar-refractivity contribution >= 4 is 17.9 Å². The van der Waals surface area contributed by atoms with E-state index < -0.39 is 17.9 Å². The number of rotatable bonds is 5. The summed E-state index contributed by atoms with van der Waals surface area (Å²) >= 11 is 0. The summed E-state index contributed by atoms with van der Waals surface area (Å²) in [5, 5.41) is 2.93. The number of nitrogens with one attached hydrogen (secondary N) is 1. The second-order valence-electron chi connectivity index (χ2n) is 3.75. The summed E-state index contributed by atoms with van der Waals surface area (Å²) in [5.74, 6) is -1.70. The third-order valence-corrected chi connectivity index (χ3v) is 2.40. The highest BCUT2D eigenvalue weighted by Crippen LogP contribution is 2.07. The first-order chi connectivity index (χ1) is 8.13. The Morgan fingerprint density at radius 3 is 2.53 bits per heavy atom. The number of ether oxygens (including phenoxy) is 2. The molecule has 0 saturated carbocycles. The van der Waals surface area contributed by atoms with E-state index in [1.165, 1.54) is 0 Å². The van der Waals surface area contributed by atoms with Crippen LogP contribution < -0.4 is 5.32 Å². The van der Waals surface area contributed by atoms with Crippen LogP contribution in [0.2, 0.25) is 0 Å². The lowest BCUT2D eigenvalue weighted by molar-refractivity contribution is -0.162. The van der Waals surface area contributed by atoms with Crippen molar-refractivity contribution in [3.8, 4) is 0 Å². The van der Waals surface area contributed by atoms with Crippen LogP contribution in [0, 0.1) is 0 Å². The van der Waals surface area contributed by atoms with E-state index in [0.717, 1.165) is 13.0 Å². The quantitative estimate of drug-likeness (QED) is 0.547. The SMILES string of the molecule is CCOC(=O)CCC(=O)OC(=O)[C@@H]1CCCN1. The molecule has 1 saturated heterocycles. The second kappa shape index (κ2) is 7.01. The van der Waals surface area contributed by atoms with Gasteiger partial charge in [0, 0.05) is 0 Å². The van der Waals surface area contributed by atoms with Gasteiger partial charge in [-0.05, 0) is 26.3 Å². The van der Waals surface area contributed by atoms with Crippen molar-refractivity contribution in [1.82, 2.24) is 5.32 Å². The second-order valence-corrected chi connectivity index (χ2v) is 3.75. The zero-order valence-electron chi connectivity index (χ0n) is 9.86. The van der Waals surface area contributed by atoms with Gasteiger partial charge in [-0.1, -0.05) is 0 Å². The molecule has 0 bridgehead atoms. The molecule has 0 aromatic rings. The Bertz CT molecular complexity index is 296. The van der Waals surface area contributed by atoms with E-state index in [4.69, 9.17) is 0 Å². The molecule has 0 amide bonds. The molecule has 0 spiro atoms. The van der Waals surface area contributed by atoms with E-state index in [1.54, 1.807) is 6.92 Å². The molecule has 17 heavy (non-hydrogen) atoms. The van der Waals surface area contributed by atoms with Crippen LogP contribution in [0.4, 0.5) is 0 Å². The topological polar surface area (TPSA) is 81.7 Å². The molecule has 0 aliphatic carbocycles. The van der Waals surface area contributed by atoms with Gasteiger partial charge in [0.1, 0.15) is 6.04 Å². The summed E-state index contributed by atoms with van der Waals surface area (Å²) in [4.78, 5) is 33.6. The molecule has 0 aromatic carbocycles. The van der Waals surface area contributed by atoms with Gasteiger partial charge < -0.3 is 14.8 Å². The normalized spacial score (nSPS) is 18.8. The minimum absolute atomic E-state index is 0.0575. The van der Waals surface area contributed by atoms with Gasteiger partial charge in [-0.25, -0.2) is 4.79 Å². The van der Waals surface area contributed by atoms with Gasteiger partial charge >= 0.3 is 17.9 Å². The standard InChI is InChI=1S/C11H17NO5/c1-2-16-9(13)5-6-10(14)17-11(15)8-4-3-7-12-8/h8,12H,2-7H2,1H3/t8-/m0/s1. The van der Waals surface area contributed by atoms with Gasteiger partial charge in [0.15, 0.2) is 0 Å². The van der Waals surface area contributed by atoms with Crippen molar-refractivity contribution in [3.05, 3.63) is 0 Å². The molecule has 1 heterocycles. The zero-order chi connectivity index (χ0) is 12.7. The van der Waals surface area contributed by atoms with Crippen molar-refractivity contribution in [3.63, 3.8) is 0 Å². The highest BCUT2D eigenvalue weighted by atomic mass is 16.6. The first-order valence-corrected chi connectivity index (χ1v) is 5.77. The van der Waals surface area contributed by atoms with E-state index in [2.05, 4.69) is 14.8 Å². The molecule has 0 unspecified atom stereocenters. The van der Waals surface area contributed by atoms with E-state index in [1.807, 2.05) is 0 Å². The number of carbonyl (C=O) groups excluding carboxylic acids is 3. The molecule has 1 aliphatic heterocycles. The molecule has 0 radical (unpaired) electrons. The van der Waals surface area contributed by atoms with Crippen LogP contribution in [0.5, 0.6) is 0 Å². The van der Waals surface area contributed by atoms with Crippen LogP contribution in [0.25, 0.3) is 0 Å². The van der Waals surface area contributed by atoms with E-state index in [-0.39, 0.29) is 25.5 Å². The van der Waals surface area contributed by atoms with Crippen LogP contribution in [0.1, 0.15) is 32.6 Å². The monoisotopic (exact) mass is 243 g/mol. The fourth-order valence-corrected chi connectivity index (χ4v) is 1.56. The van der Waals surface area contributed by atoms with Crippen molar-refractivity contribution in [1.29, 1.82) is 0 Å². The van der Waals surface area contributed by atoms with Gasteiger partial charge in [0.05, 0.1) is 19.4 Å². The number of esters is 3. The van der Waals surface area contributed by atoms with E-state index >= 15 is 0 Å². The number of hydrogen-bond acceptors (Lipinski definition) is 6. The Labute approximate surface area is 99.6 Å². The minimum atomic E-state index is -0.684. The van der Waals surface area contributed by atoms with Gasteiger partial charge in [-0.3, -0.25) is 9.59 Å². The number of hydrogen-bond donors (Lipinski definition) is 1. The first-order valence-electron chi connectivity index (χ1n) is 5.77. The maximum Gasteiger partial charge on any atom is 0.330 e. The van der Waals surface area contributed by atoms with Gasteiger partial charge in [-0.15, -0.1) is 0 Å². The first kappa shape index (κ1) is 13.6. The van der Waals surface area contributed by atoms with Crippen LogP contribution in [0.3, 0.4) is 0 Å². The lowest BCUT2D eigenvalue weighted by Crippen LogP contribution is -2.33. The molecule has 1 rings (SSSR count). The van der Waals surface area contributed by atoms with Crippen LogP contribution in [-0.4, -0.2) is 37.1 Å². The predicted molar refractivity (Wildman–Crippen MR) is 58.0 cm³/mol. The van der Waals surface area contributed by atoms with Crippen molar-refractivity contribution in [2.75, 3.05) is 13.2 Å². The smallest absolute Gasteiger partial charge is 0.330 e. The van der Waals surface area contributed by atoms with E-state index in [0.29, 0.717) is 6.42 Å². The number of carbonyl (C=O) groups is 3. The fourth-order valence-electron chi connectivity index (χ4n) is 1.56. The summed E-state index contributed by atoms with van der Waals surface area (Å²) in [7, 11) is 0. The van der Waals surface area contributed by atoms with Crippen LogP contribution >= 0.6 is 0 Å². The Morgan fingerprint density at radius 1 is 1.24 bits per heavy atom.